The maximum atomic E-state index is 12.6. The number of aromatic nitrogens is 3. The van der Waals surface area contributed by atoms with Gasteiger partial charge in [0.25, 0.3) is 5.91 Å². The molecule has 6 nitrogen and oxygen atoms in total. The molecule has 3 rings (SSSR count). The van der Waals surface area contributed by atoms with E-state index in [-0.39, 0.29) is 18.1 Å². The van der Waals surface area contributed by atoms with Gasteiger partial charge >= 0.3 is 0 Å². The van der Waals surface area contributed by atoms with Crippen LogP contribution in [0.15, 0.2) is 18.2 Å². The zero-order valence-electron chi connectivity index (χ0n) is 14.0. The zero-order valence-corrected chi connectivity index (χ0v) is 14.0. The van der Waals surface area contributed by atoms with Crippen molar-refractivity contribution < 1.29 is 9.53 Å². The molecule has 0 radical (unpaired) electrons. The SMILES string of the molecule is Cc1cccc(CNC(=O)c2c3c(nn2C)[C@H](C)O[C@H](C)C3)n1. The molecule has 1 aliphatic heterocycles. The van der Waals surface area contributed by atoms with Crippen molar-refractivity contribution >= 4 is 5.91 Å². The maximum absolute atomic E-state index is 12.6. The number of ether oxygens (including phenoxy) is 1. The number of nitrogens with zero attached hydrogens (tertiary/aromatic N) is 3. The van der Waals surface area contributed by atoms with Gasteiger partial charge in [0.05, 0.1) is 30.1 Å². The van der Waals surface area contributed by atoms with E-state index < -0.39 is 0 Å². The number of fused-ring (bicyclic) bond motifs is 1. The summed E-state index contributed by atoms with van der Waals surface area (Å²) in [6, 6.07) is 5.78. The van der Waals surface area contributed by atoms with E-state index in [4.69, 9.17) is 4.74 Å². The van der Waals surface area contributed by atoms with Crippen LogP contribution in [0.25, 0.3) is 0 Å². The highest BCUT2D eigenvalue weighted by molar-refractivity contribution is 5.94. The summed E-state index contributed by atoms with van der Waals surface area (Å²) in [5.74, 6) is -0.120. The molecule has 0 saturated carbocycles. The van der Waals surface area contributed by atoms with E-state index in [0.717, 1.165) is 22.6 Å². The Morgan fingerprint density at radius 3 is 2.96 bits per heavy atom. The number of rotatable bonds is 3. The fraction of sp³-hybridized carbons (Fsp3) is 0.471. The minimum absolute atomic E-state index is 0.0834. The number of pyridine rings is 1. The highest BCUT2D eigenvalue weighted by Crippen LogP contribution is 2.31. The summed E-state index contributed by atoms with van der Waals surface area (Å²) >= 11 is 0. The lowest BCUT2D eigenvalue weighted by Crippen LogP contribution is -2.28. The van der Waals surface area contributed by atoms with Crippen LogP contribution in [0.4, 0.5) is 0 Å². The van der Waals surface area contributed by atoms with E-state index in [1.54, 1.807) is 11.7 Å². The van der Waals surface area contributed by atoms with Crippen LogP contribution in [-0.4, -0.2) is 26.8 Å². The summed E-state index contributed by atoms with van der Waals surface area (Å²) in [5.41, 5.74) is 4.27. The third kappa shape index (κ3) is 3.12. The topological polar surface area (TPSA) is 69.0 Å². The molecule has 2 aromatic rings. The predicted octanol–water partition coefficient (Wildman–Crippen LogP) is 2.08. The lowest BCUT2D eigenvalue weighted by atomic mass is 9.99. The summed E-state index contributed by atoms with van der Waals surface area (Å²) < 4.78 is 7.44. The molecule has 0 spiro atoms. The normalized spacial score (nSPS) is 20.2. The molecule has 0 aromatic carbocycles. The molecular formula is C17H22N4O2. The Labute approximate surface area is 135 Å². The Kier molecular flexibility index (Phi) is 4.17. The first-order valence-electron chi connectivity index (χ1n) is 7.87. The predicted molar refractivity (Wildman–Crippen MR) is 86.0 cm³/mol. The Hall–Kier alpha value is -2.21. The van der Waals surface area contributed by atoms with Crippen LogP contribution in [0.3, 0.4) is 0 Å². The fourth-order valence-electron chi connectivity index (χ4n) is 3.10. The standard InChI is InChI=1S/C17H22N4O2/c1-10-6-5-7-13(19-10)9-18-17(22)16-14-8-11(2)23-12(3)15(14)20-21(16)4/h5-7,11-12H,8-9H2,1-4H3,(H,18,22)/t11-,12+/m1/s1. The van der Waals surface area contributed by atoms with Crippen molar-refractivity contribution in [3.05, 3.63) is 46.5 Å². The Balaban J connectivity index is 1.80. The van der Waals surface area contributed by atoms with Crippen molar-refractivity contribution in [1.82, 2.24) is 20.1 Å². The third-order valence-corrected chi connectivity index (χ3v) is 4.08. The average molecular weight is 314 g/mol. The Bertz CT molecular complexity index is 738. The average Bonchev–Trinajstić information content (AvgIpc) is 2.81. The summed E-state index contributed by atoms with van der Waals surface area (Å²) in [5, 5.41) is 7.42. The van der Waals surface area contributed by atoms with Crippen LogP contribution in [0, 0.1) is 6.92 Å². The van der Waals surface area contributed by atoms with Crippen molar-refractivity contribution in [3.63, 3.8) is 0 Å². The summed E-state index contributed by atoms with van der Waals surface area (Å²) in [4.78, 5) is 17.0. The smallest absolute Gasteiger partial charge is 0.270 e. The van der Waals surface area contributed by atoms with Gasteiger partial charge in [-0.3, -0.25) is 14.5 Å². The quantitative estimate of drug-likeness (QED) is 0.941. The van der Waals surface area contributed by atoms with Gasteiger partial charge in [-0.15, -0.1) is 0 Å². The second-order valence-electron chi connectivity index (χ2n) is 6.08. The second kappa shape index (κ2) is 6.12. The fourth-order valence-corrected chi connectivity index (χ4v) is 3.10. The molecule has 1 aliphatic rings. The zero-order chi connectivity index (χ0) is 16.6. The van der Waals surface area contributed by atoms with Crippen LogP contribution in [0.2, 0.25) is 0 Å². The first-order valence-corrected chi connectivity index (χ1v) is 7.87. The van der Waals surface area contributed by atoms with Gasteiger partial charge in [-0.1, -0.05) is 6.07 Å². The number of carbonyl (C=O) groups is 1. The van der Waals surface area contributed by atoms with E-state index in [1.807, 2.05) is 39.0 Å². The molecule has 2 atom stereocenters. The lowest BCUT2D eigenvalue weighted by molar-refractivity contribution is -0.00710. The van der Waals surface area contributed by atoms with E-state index in [9.17, 15) is 4.79 Å². The molecule has 0 unspecified atom stereocenters. The highest BCUT2D eigenvalue weighted by atomic mass is 16.5. The Morgan fingerprint density at radius 1 is 1.43 bits per heavy atom. The molecular weight excluding hydrogens is 292 g/mol. The molecule has 0 fully saturated rings. The van der Waals surface area contributed by atoms with Crippen LogP contribution in [-0.2, 0) is 24.8 Å². The molecule has 1 N–H and O–H groups in total. The molecule has 6 heteroatoms. The first kappa shape index (κ1) is 15.7. The van der Waals surface area contributed by atoms with E-state index >= 15 is 0 Å². The maximum Gasteiger partial charge on any atom is 0.270 e. The molecule has 3 heterocycles. The van der Waals surface area contributed by atoms with E-state index in [2.05, 4.69) is 15.4 Å². The van der Waals surface area contributed by atoms with Crippen LogP contribution < -0.4 is 5.32 Å². The van der Waals surface area contributed by atoms with E-state index in [1.165, 1.54) is 0 Å². The van der Waals surface area contributed by atoms with Gasteiger partial charge in [-0.25, -0.2) is 0 Å². The van der Waals surface area contributed by atoms with Gasteiger partial charge in [0.1, 0.15) is 5.69 Å². The van der Waals surface area contributed by atoms with Crippen molar-refractivity contribution in [3.8, 4) is 0 Å². The van der Waals surface area contributed by atoms with Gasteiger partial charge in [0, 0.05) is 24.7 Å². The van der Waals surface area contributed by atoms with Crippen LogP contribution in [0.5, 0.6) is 0 Å². The minimum atomic E-state index is -0.120. The van der Waals surface area contributed by atoms with E-state index in [0.29, 0.717) is 18.7 Å². The molecule has 23 heavy (non-hydrogen) atoms. The molecule has 0 saturated heterocycles. The monoisotopic (exact) mass is 314 g/mol. The number of hydrogen-bond donors (Lipinski definition) is 1. The number of carbonyl (C=O) groups excluding carboxylic acids is 1. The van der Waals surface area contributed by atoms with Crippen LogP contribution >= 0.6 is 0 Å². The summed E-state index contributed by atoms with van der Waals surface area (Å²) in [6.45, 7) is 6.33. The molecule has 1 amide bonds. The van der Waals surface area contributed by atoms with Crippen molar-refractivity contribution in [2.75, 3.05) is 0 Å². The third-order valence-electron chi connectivity index (χ3n) is 4.08. The summed E-state index contributed by atoms with van der Waals surface area (Å²) in [7, 11) is 1.80. The summed E-state index contributed by atoms with van der Waals surface area (Å²) in [6.07, 6.45) is 0.713. The van der Waals surface area contributed by atoms with Gasteiger partial charge in [-0.05, 0) is 32.9 Å². The van der Waals surface area contributed by atoms with Gasteiger partial charge < -0.3 is 10.1 Å². The largest absolute Gasteiger partial charge is 0.369 e. The van der Waals surface area contributed by atoms with Gasteiger partial charge in [0.2, 0.25) is 0 Å². The number of nitrogens with one attached hydrogen (secondary N) is 1. The molecule has 2 aromatic heterocycles. The first-order chi connectivity index (χ1) is 11.0. The van der Waals surface area contributed by atoms with Gasteiger partial charge in [-0.2, -0.15) is 5.10 Å². The Morgan fingerprint density at radius 2 is 2.22 bits per heavy atom. The molecule has 0 bridgehead atoms. The molecule has 0 aliphatic carbocycles. The minimum Gasteiger partial charge on any atom is -0.369 e. The van der Waals surface area contributed by atoms with Crippen LogP contribution in [0.1, 0.15) is 53.1 Å². The number of hydrogen-bond acceptors (Lipinski definition) is 4. The highest BCUT2D eigenvalue weighted by Gasteiger charge is 2.31. The number of amides is 1. The van der Waals surface area contributed by atoms with Crippen molar-refractivity contribution in [1.29, 1.82) is 0 Å². The molecule has 122 valence electrons. The second-order valence-corrected chi connectivity index (χ2v) is 6.08. The lowest BCUT2D eigenvalue weighted by Gasteiger charge is -2.24. The number of aryl methyl sites for hydroxylation is 2. The van der Waals surface area contributed by atoms with Crippen molar-refractivity contribution in [2.24, 2.45) is 7.05 Å². The van der Waals surface area contributed by atoms with Crippen molar-refractivity contribution in [2.45, 2.75) is 45.9 Å². The van der Waals surface area contributed by atoms with Gasteiger partial charge in [0.15, 0.2) is 0 Å².